The normalized spacial score (nSPS) is 11.3. The van der Waals surface area contributed by atoms with E-state index in [2.05, 4.69) is 23.5 Å². The first kappa shape index (κ1) is 23.0. The maximum atomic E-state index is 13.6. The first-order chi connectivity index (χ1) is 14.3. The molecular formula is C23H21ClF2N2O2. The van der Waals surface area contributed by atoms with Gasteiger partial charge in [-0.05, 0) is 35.9 Å². The molecule has 0 aliphatic rings. The van der Waals surface area contributed by atoms with Crippen molar-refractivity contribution in [2.75, 3.05) is 5.32 Å². The minimum Gasteiger partial charge on any atom is -0.441 e. The smallest absolute Gasteiger partial charge is 0.261 e. The molecule has 30 heavy (non-hydrogen) atoms. The molecule has 0 fully saturated rings. The fourth-order valence-corrected chi connectivity index (χ4v) is 2.94. The zero-order chi connectivity index (χ0) is 22.4. The van der Waals surface area contributed by atoms with Gasteiger partial charge in [-0.15, -0.1) is 0 Å². The second-order valence-corrected chi connectivity index (χ2v) is 6.30. The standard InChI is InChI=1S/C21H15ClF2N2O2.C2H6/c1-4-17(24)20(11(2)23)21(27)26-14-7-5-13(6-8-14)15-9-19-18(10-16(15)22)25-12(3)28-19;1-2/h4-10H,1-2H2,3H3,(H,26,27);1-2H3/b20-17-;. The van der Waals surface area contributed by atoms with Crippen LogP contribution in [0.1, 0.15) is 19.7 Å². The van der Waals surface area contributed by atoms with Crippen LogP contribution in [0.2, 0.25) is 5.02 Å². The van der Waals surface area contributed by atoms with E-state index >= 15 is 0 Å². The molecule has 0 saturated heterocycles. The number of allylic oxidation sites excluding steroid dienone is 2. The molecule has 0 atom stereocenters. The van der Waals surface area contributed by atoms with E-state index in [4.69, 9.17) is 16.0 Å². The molecule has 1 aromatic heterocycles. The van der Waals surface area contributed by atoms with Gasteiger partial charge in [-0.1, -0.05) is 50.7 Å². The number of benzene rings is 2. The second kappa shape index (κ2) is 9.98. The number of anilines is 1. The van der Waals surface area contributed by atoms with Crippen LogP contribution < -0.4 is 5.32 Å². The topological polar surface area (TPSA) is 55.1 Å². The number of hydrogen-bond donors (Lipinski definition) is 1. The highest BCUT2D eigenvalue weighted by molar-refractivity contribution is 6.34. The van der Waals surface area contributed by atoms with Gasteiger partial charge < -0.3 is 9.73 Å². The molecule has 0 aliphatic heterocycles. The number of carbonyl (C=O) groups excluding carboxylic acids is 1. The summed E-state index contributed by atoms with van der Waals surface area (Å²) in [4.78, 5) is 16.3. The van der Waals surface area contributed by atoms with Crippen LogP contribution in [0.5, 0.6) is 0 Å². The van der Waals surface area contributed by atoms with Crippen LogP contribution in [0.25, 0.3) is 22.2 Å². The number of aromatic nitrogens is 1. The molecule has 156 valence electrons. The van der Waals surface area contributed by atoms with Gasteiger partial charge in [-0.25, -0.2) is 13.8 Å². The van der Waals surface area contributed by atoms with Crippen molar-refractivity contribution in [3.8, 4) is 11.1 Å². The van der Waals surface area contributed by atoms with Crippen LogP contribution in [-0.2, 0) is 4.79 Å². The Bertz CT molecular complexity index is 1130. The highest BCUT2D eigenvalue weighted by atomic mass is 35.5. The Labute approximate surface area is 178 Å². The summed E-state index contributed by atoms with van der Waals surface area (Å²) < 4.78 is 32.5. The van der Waals surface area contributed by atoms with Gasteiger partial charge in [0.05, 0.1) is 5.02 Å². The number of nitrogens with zero attached hydrogens (tertiary/aromatic N) is 1. The molecule has 1 heterocycles. The lowest BCUT2D eigenvalue weighted by Gasteiger charge is -2.09. The van der Waals surface area contributed by atoms with Crippen LogP contribution in [0.4, 0.5) is 14.5 Å². The van der Waals surface area contributed by atoms with Crippen molar-refractivity contribution >= 4 is 34.3 Å². The van der Waals surface area contributed by atoms with Crippen LogP contribution in [0.15, 0.2) is 77.3 Å². The highest BCUT2D eigenvalue weighted by Gasteiger charge is 2.18. The summed E-state index contributed by atoms with van der Waals surface area (Å²) in [6.07, 6.45) is 0.742. The average Bonchev–Trinajstić information content (AvgIpc) is 3.08. The van der Waals surface area contributed by atoms with Crippen molar-refractivity contribution in [1.82, 2.24) is 4.98 Å². The molecule has 0 saturated carbocycles. The Hall–Kier alpha value is -3.25. The van der Waals surface area contributed by atoms with Crippen molar-refractivity contribution < 1.29 is 18.0 Å². The minimum atomic E-state index is -1.19. The molecule has 0 bridgehead atoms. The Morgan fingerprint density at radius 2 is 1.83 bits per heavy atom. The number of aryl methyl sites for hydroxylation is 1. The lowest BCUT2D eigenvalue weighted by Crippen LogP contribution is -2.15. The van der Waals surface area contributed by atoms with Gasteiger partial charge in [-0.3, -0.25) is 4.79 Å². The minimum absolute atomic E-state index is 0.345. The molecule has 3 rings (SSSR count). The SMILES string of the molecule is C=C/C(F)=C(\C(=C)F)C(=O)Nc1ccc(-c2cc3oc(C)nc3cc2Cl)cc1.CC. The van der Waals surface area contributed by atoms with Gasteiger partial charge >= 0.3 is 0 Å². The summed E-state index contributed by atoms with van der Waals surface area (Å²) in [6.45, 7) is 11.9. The van der Waals surface area contributed by atoms with Crippen molar-refractivity contribution in [3.63, 3.8) is 0 Å². The Kier molecular flexibility index (Phi) is 7.66. The first-order valence-electron chi connectivity index (χ1n) is 9.15. The van der Waals surface area contributed by atoms with Crippen LogP contribution in [-0.4, -0.2) is 10.9 Å². The Morgan fingerprint density at radius 3 is 2.40 bits per heavy atom. The van der Waals surface area contributed by atoms with Crippen LogP contribution in [0, 0.1) is 6.92 Å². The molecule has 0 spiro atoms. The quantitative estimate of drug-likeness (QED) is 0.341. The monoisotopic (exact) mass is 430 g/mol. The van der Waals surface area contributed by atoms with Crippen molar-refractivity contribution in [2.24, 2.45) is 0 Å². The number of carbonyl (C=O) groups is 1. The van der Waals surface area contributed by atoms with Gasteiger partial charge in [0.2, 0.25) is 0 Å². The van der Waals surface area contributed by atoms with E-state index in [-0.39, 0.29) is 0 Å². The van der Waals surface area contributed by atoms with E-state index in [0.29, 0.717) is 27.7 Å². The number of halogens is 3. The molecule has 3 aromatic rings. The molecular weight excluding hydrogens is 410 g/mol. The number of hydrogen-bond acceptors (Lipinski definition) is 3. The third-order valence-corrected chi connectivity index (χ3v) is 4.27. The van der Waals surface area contributed by atoms with Crippen LogP contribution in [0.3, 0.4) is 0 Å². The van der Waals surface area contributed by atoms with E-state index in [1.165, 1.54) is 0 Å². The molecule has 4 nitrogen and oxygen atoms in total. The van der Waals surface area contributed by atoms with Crippen molar-refractivity contribution in [2.45, 2.75) is 20.8 Å². The predicted octanol–water partition coefficient (Wildman–Crippen LogP) is 7.31. The van der Waals surface area contributed by atoms with Crippen molar-refractivity contribution in [3.05, 3.63) is 83.8 Å². The van der Waals surface area contributed by atoms with E-state index < -0.39 is 23.1 Å². The zero-order valence-electron chi connectivity index (χ0n) is 16.9. The molecule has 1 N–H and O–H groups in total. The largest absolute Gasteiger partial charge is 0.441 e. The average molecular weight is 431 g/mol. The van der Waals surface area contributed by atoms with Crippen LogP contribution >= 0.6 is 11.6 Å². The molecule has 0 radical (unpaired) electrons. The van der Waals surface area contributed by atoms with Crippen molar-refractivity contribution in [1.29, 1.82) is 0 Å². The summed E-state index contributed by atoms with van der Waals surface area (Å²) in [5, 5.41) is 2.91. The molecule has 0 aliphatic carbocycles. The van der Waals surface area contributed by atoms with Gasteiger partial charge in [0, 0.05) is 18.2 Å². The number of oxazole rings is 1. The second-order valence-electron chi connectivity index (χ2n) is 5.90. The zero-order valence-corrected chi connectivity index (χ0v) is 17.6. The number of amides is 1. The Morgan fingerprint density at radius 1 is 1.20 bits per heavy atom. The summed E-state index contributed by atoms with van der Waals surface area (Å²) in [5.41, 5.74) is 2.29. The maximum Gasteiger partial charge on any atom is 0.261 e. The third kappa shape index (κ3) is 5.02. The fraction of sp³-hybridized carbons (Fsp3) is 0.130. The molecule has 0 unspecified atom stereocenters. The van der Waals surface area contributed by atoms with E-state index in [1.807, 2.05) is 13.8 Å². The number of fused-ring (bicyclic) bond motifs is 1. The molecule has 2 aromatic carbocycles. The fourth-order valence-electron chi connectivity index (χ4n) is 2.67. The maximum absolute atomic E-state index is 13.6. The first-order valence-corrected chi connectivity index (χ1v) is 9.53. The third-order valence-electron chi connectivity index (χ3n) is 3.95. The summed E-state index contributed by atoms with van der Waals surface area (Å²) in [7, 11) is 0. The summed E-state index contributed by atoms with van der Waals surface area (Å²) >= 11 is 6.34. The number of rotatable bonds is 5. The van der Waals surface area contributed by atoms with Gasteiger partial charge in [0.1, 0.15) is 22.7 Å². The number of nitrogens with one attached hydrogen (secondary N) is 1. The van der Waals surface area contributed by atoms with E-state index in [9.17, 15) is 13.6 Å². The Balaban J connectivity index is 0.00000155. The van der Waals surface area contributed by atoms with Gasteiger partial charge in [0.25, 0.3) is 5.91 Å². The van der Waals surface area contributed by atoms with E-state index in [0.717, 1.165) is 17.2 Å². The highest BCUT2D eigenvalue weighted by Crippen LogP contribution is 2.33. The molecule has 7 heteroatoms. The van der Waals surface area contributed by atoms with Gasteiger partial charge in [-0.2, -0.15) is 0 Å². The summed E-state index contributed by atoms with van der Waals surface area (Å²) in [5.74, 6) is -2.71. The summed E-state index contributed by atoms with van der Waals surface area (Å²) in [6, 6.07) is 10.1. The predicted molar refractivity (Wildman–Crippen MR) is 118 cm³/mol. The lowest BCUT2D eigenvalue weighted by atomic mass is 10.0. The molecule has 1 amide bonds. The lowest BCUT2D eigenvalue weighted by molar-refractivity contribution is -0.112. The van der Waals surface area contributed by atoms with E-state index in [1.54, 1.807) is 43.3 Å². The van der Waals surface area contributed by atoms with Gasteiger partial charge in [0.15, 0.2) is 11.5 Å².